The summed E-state index contributed by atoms with van der Waals surface area (Å²) in [4.78, 5) is 30.9. The molecule has 0 radical (unpaired) electrons. The van der Waals surface area contributed by atoms with Gasteiger partial charge in [0.2, 0.25) is 0 Å². The number of halogens is 1. The van der Waals surface area contributed by atoms with E-state index in [0.29, 0.717) is 39.6 Å². The SMILES string of the molecule is CCc1[nH]c(=O)c(-c2cccc(Cl)c2)cc1Nc1ccncc1C(N)=O. The van der Waals surface area contributed by atoms with Gasteiger partial charge in [0.25, 0.3) is 11.5 Å². The first kappa shape index (κ1) is 17.7. The van der Waals surface area contributed by atoms with E-state index in [1.165, 1.54) is 6.20 Å². The first-order valence-electron chi connectivity index (χ1n) is 8.02. The van der Waals surface area contributed by atoms with Crippen LogP contribution in [0.2, 0.25) is 5.02 Å². The van der Waals surface area contributed by atoms with Crippen LogP contribution in [-0.4, -0.2) is 15.9 Å². The molecule has 0 spiro atoms. The van der Waals surface area contributed by atoms with Crippen LogP contribution in [0.3, 0.4) is 0 Å². The molecule has 2 heterocycles. The number of nitrogens with two attached hydrogens (primary N) is 1. The molecule has 1 aromatic carbocycles. The van der Waals surface area contributed by atoms with Crippen molar-refractivity contribution in [3.05, 3.63) is 75.4 Å². The van der Waals surface area contributed by atoms with Gasteiger partial charge in [0.1, 0.15) is 0 Å². The minimum Gasteiger partial charge on any atom is -0.365 e. The fourth-order valence-electron chi connectivity index (χ4n) is 2.67. The maximum Gasteiger partial charge on any atom is 0.256 e. The van der Waals surface area contributed by atoms with Crippen molar-refractivity contribution >= 4 is 28.9 Å². The molecule has 0 aliphatic carbocycles. The van der Waals surface area contributed by atoms with E-state index in [2.05, 4.69) is 15.3 Å². The van der Waals surface area contributed by atoms with Gasteiger partial charge in [-0.25, -0.2) is 0 Å². The highest BCUT2D eigenvalue weighted by atomic mass is 35.5. The molecule has 0 unspecified atom stereocenters. The van der Waals surface area contributed by atoms with Gasteiger partial charge in [-0.1, -0.05) is 30.7 Å². The van der Waals surface area contributed by atoms with Gasteiger partial charge >= 0.3 is 0 Å². The zero-order chi connectivity index (χ0) is 18.7. The molecule has 3 aromatic rings. The number of primary amides is 1. The summed E-state index contributed by atoms with van der Waals surface area (Å²) in [7, 11) is 0. The Labute approximate surface area is 155 Å². The molecule has 0 aliphatic rings. The minimum atomic E-state index is -0.585. The molecule has 0 fully saturated rings. The lowest BCUT2D eigenvalue weighted by molar-refractivity contribution is 0.100. The van der Waals surface area contributed by atoms with Crippen molar-refractivity contribution in [3.8, 4) is 11.1 Å². The highest BCUT2D eigenvalue weighted by Crippen LogP contribution is 2.27. The van der Waals surface area contributed by atoms with Gasteiger partial charge in [0.05, 0.1) is 16.9 Å². The molecule has 26 heavy (non-hydrogen) atoms. The van der Waals surface area contributed by atoms with E-state index in [0.717, 1.165) is 0 Å². The summed E-state index contributed by atoms with van der Waals surface area (Å²) in [6.45, 7) is 1.93. The quantitative estimate of drug-likeness (QED) is 0.641. The predicted molar refractivity (Wildman–Crippen MR) is 103 cm³/mol. The lowest BCUT2D eigenvalue weighted by Gasteiger charge is -2.14. The molecule has 0 atom stereocenters. The monoisotopic (exact) mass is 368 g/mol. The number of anilines is 2. The Kier molecular flexibility index (Phi) is 5.04. The first-order valence-corrected chi connectivity index (χ1v) is 8.40. The average Bonchev–Trinajstić information content (AvgIpc) is 2.63. The van der Waals surface area contributed by atoms with Crippen LogP contribution in [0, 0.1) is 0 Å². The Morgan fingerprint density at radius 2 is 2.08 bits per heavy atom. The number of rotatable bonds is 5. The number of benzene rings is 1. The molecule has 0 saturated carbocycles. The first-order chi connectivity index (χ1) is 12.5. The van der Waals surface area contributed by atoms with Crippen LogP contribution >= 0.6 is 11.6 Å². The Hall–Kier alpha value is -3.12. The normalized spacial score (nSPS) is 10.5. The van der Waals surface area contributed by atoms with Crippen molar-refractivity contribution in [1.82, 2.24) is 9.97 Å². The van der Waals surface area contributed by atoms with E-state index in [-0.39, 0.29) is 11.1 Å². The maximum atomic E-state index is 12.5. The largest absolute Gasteiger partial charge is 0.365 e. The standard InChI is InChI=1S/C19H17ClN4O2/c1-2-15-17(23-16-6-7-22-10-14(16)18(21)25)9-13(19(26)24-15)11-4-3-5-12(20)8-11/h3-10H,2H2,1H3,(H2,21,25)(H,22,23)(H,24,26). The predicted octanol–water partition coefficient (Wildman–Crippen LogP) is 3.50. The summed E-state index contributed by atoms with van der Waals surface area (Å²) >= 11 is 6.04. The zero-order valence-corrected chi connectivity index (χ0v) is 14.8. The fourth-order valence-corrected chi connectivity index (χ4v) is 2.86. The Bertz CT molecular complexity index is 1030. The highest BCUT2D eigenvalue weighted by molar-refractivity contribution is 6.30. The van der Waals surface area contributed by atoms with E-state index in [1.54, 1.807) is 36.5 Å². The van der Waals surface area contributed by atoms with E-state index in [4.69, 9.17) is 17.3 Å². The molecule has 0 saturated heterocycles. The van der Waals surface area contributed by atoms with Crippen molar-refractivity contribution in [2.75, 3.05) is 5.32 Å². The average molecular weight is 369 g/mol. The van der Waals surface area contributed by atoms with Crippen molar-refractivity contribution < 1.29 is 4.79 Å². The van der Waals surface area contributed by atoms with E-state index in [1.807, 2.05) is 13.0 Å². The number of amides is 1. The van der Waals surface area contributed by atoms with Gasteiger partial charge in [-0.2, -0.15) is 0 Å². The van der Waals surface area contributed by atoms with Crippen LogP contribution in [0.15, 0.2) is 53.6 Å². The smallest absolute Gasteiger partial charge is 0.256 e. The number of aromatic nitrogens is 2. The van der Waals surface area contributed by atoms with Crippen LogP contribution in [0.5, 0.6) is 0 Å². The van der Waals surface area contributed by atoms with Gasteiger partial charge in [-0.05, 0) is 36.2 Å². The van der Waals surface area contributed by atoms with Crippen LogP contribution in [-0.2, 0) is 6.42 Å². The summed E-state index contributed by atoms with van der Waals surface area (Å²) in [6, 6.07) is 10.5. The molecule has 6 nitrogen and oxygen atoms in total. The second-order valence-electron chi connectivity index (χ2n) is 5.68. The number of pyridine rings is 2. The summed E-state index contributed by atoms with van der Waals surface area (Å²) < 4.78 is 0. The van der Waals surface area contributed by atoms with Crippen LogP contribution in [0.1, 0.15) is 23.0 Å². The van der Waals surface area contributed by atoms with Crippen molar-refractivity contribution in [1.29, 1.82) is 0 Å². The third-order valence-electron chi connectivity index (χ3n) is 3.97. The second-order valence-corrected chi connectivity index (χ2v) is 6.12. The van der Waals surface area contributed by atoms with Crippen LogP contribution < -0.4 is 16.6 Å². The Balaban J connectivity index is 2.11. The number of aryl methyl sites for hydroxylation is 1. The molecular formula is C19H17ClN4O2. The molecule has 1 amide bonds. The van der Waals surface area contributed by atoms with E-state index < -0.39 is 5.91 Å². The number of nitrogens with one attached hydrogen (secondary N) is 2. The fraction of sp³-hybridized carbons (Fsp3) is 0.105. The number of nitrogens with zero attached hydrogens (tertiary/aromatic N) is 1. The number of carbonyl (C=O) groups is 1. The van der Waals surface area contributed by atoms with Gasteiger partial charge in [-0.15, -0.1) is 0 Å². The number of hydrogen-bond acceptors (Lipinski definition) is 4. The van der Waals surface area contributed by atoms with Gasteiger partial charge in [-0.3, -0.25) is 14.6 Å². The summed E-state index contributed by atoms with van der Waals surface area (Å²) in [6.07, 6.45) is 3.56. The minimum absolute atomic E-state index is 0.209. The number of carbonyl (C=O) groups excluding carboxylic acids is 1. The van der Waals surface area contributed by atoms with Crippen molar-refractivity contribution in [2.45, 2.75) is 13.3 Å². The van der Waals surface area contributed by atoms with Gasteiger partial charge in [0.15, 0.2) is 0 Å². The summed E-state index contributed by atoms with van der Waals surface area (Å²) in [5.41, 5.74) is 8.56. The molecule has 0 aliphatic heterocycles. The highest BCUT2D eigenvalue weighted by Gasteiger charge is 2.13. The lowest BCUT2D eigenvalue weighted by atomic mass is 10.1. The Morgan fingerprint density at radius 1 is 1.27 bits per heavy atom. The van der Waals surface area contributed by atoms with Crippen LogP contribution in [0.25, 0.3) is 11.1 Å². The maximum absolute atomic E-state index is 12.5. The molecule has 4 N–H and O–H groups in total. The third-order valence-corrected chi connectivity index (χ3v) is 4.20. The zero-order valence-electron chi connectivity index (χ0n) is 14.0. The van der Waals surface area contributed by atoms with Gasteiger partial charge in [0, 0.05) is 28.7 Å². The molecule has 132 valence electrons. The lowest BCUT2D eigenvalue weighted by Crippen LogP contribution is -2.16. The number of hydrogen-bond donors (Lipinski definition) is 3. The topological polar surface area (TPSA) is 101 Å². The molecule has 0 bridgehead atoms. The molecule has 2 aromatic heterocycles. The Morgan fingerprint density at radius 3 is 2.77 bits per heavy atom. The van der Waals surface area contributed by atoms with Crippen molar-refractivity contribution in [2.24, 2.45) is 5.73 Å². The van der Waals surface area contributed by atoms with Gasteiger partial charge < -0.3 is 16.0 Å². The molecular weight excluding hydrogens is 352 g/mol. The number of aromatic amines is 1. The molecule has 7 heteroatoms. The van der Waals surface area contributed by atoms with Crippen molar-refractivity contribution in [3.63, 3.8) is 0 Å². The van der Waals surface area contributed by atoms with Crippen LogP contribution in [0.4, 0.5) is 11.4 Å². The molecule has 3 rings (SSSR count). The summed E-state index contributed by atoms with van der Waals surface area (Å²) in [5, 5.41) is 3.72. The summed E-state index contributed by atoms with van der Waals surface area (Å²) in [5.74, 6) is -0.585. The van der Waals surface area contributed by atoms with E-state index in [9.17, 15) is 9.59 Å². The number of H-pyrrole nitrogens is 1. The van der Waals surface area contributed by atoms with E-state index >= 15 is 0 Å². The third kappa shape index (κ3) is 3.60. The second kappa shape index (κ2) is 7.41.